The molecule has 0 unspecified atom stereocenters. The Kier molecular flexibility index (Phi) is 10.2. The lowest BCUT2D eigenvalue weighted by Gasteiger charge is -2.37. The Morgan fingerprint density at radius 3 is 2.20 bits per heavy atom. The highest BCUT2D eigenvalue weighted by Crippen LogP contribution is 2.40. The minimum Gasteiger partial charge on any atom is -0.355 e. The van der Waals surface area contributed by atoms with Crippen molar-refractivity contribution in [1.29, 1.82) is 0 Å². The minimum absolute atomic E-state index is 0.0541. The first-order valence-corrected chi connectivity index (χ1v) is 17.0. The number of hydrogen-bond donors (Lipinski definition) is 2. The molecule has 2 heterocycles. The van der Waals surface area contributed by atoms with Gasteiger partial charge in [-0.2, -0.15) is 5.10 Å². The fraction of sp³-hybridized carbons (Fsp3) is 0.556. The van der Waals surface area contributed by atoms with E-state index >= 15 is 0 Å². The molecule has 3 fully saturated rings. The quantitative estimate of drug-likeness (QED) is 0.340. The van der Waals surface area contributed by atoms with Crippen LogP contribution in [0.2, 0.25) is 0 Å². The summed E-state index contributed by atoms with van der Waals surface area (Å²) in [5.41, 5.74) is 1.21. The van der Waals surface area contributed by atoms with Crippen LogP contribution in [0.15, 0.2) is 47.3 Å². The maximum Gasteiger partial charge on any atom is 0.272 e. The van der Waals surface area contributed by atoms with Crippen molar-refractivity contribution in [2.24, 2.45) is 17.8 Å². The maximum absolute atomic E-state index is 14.9. The molecule has 2 aliphatic carbocycles. The van der Waals surface area contributed by atoms with Gasteiger partial charge in [0.1, 0.15) is 5.82 Å². The van der Waals surface area contributed by atoms with Gasteiger partial charge >= 0.3 is 0 Å². The molecule has 2 amide bonds. The molecule has 1 aliphatic heterocycles. The normalized spacial score (nSPS) is 18.8. The lowest BCUT2D eigenvalue weighted by molar-refractivity contribution is -0.130. The number of benzene rings is 2. The van der Waals surface area contributed by atoms with E-state index in [-0.39, 0.29) is 28.9 Å². The molecule has 2 aromatic carbocycles. The number of nitrogens with zero attached hydrogens (tertiary/aromatic N) is 3. The van der Waals surface area contributed by atoms with E-state index in [2.05, 4.69) is 20.4 Å². The van der Waals surface area contributed by atoms with Crippen LogP contribution in [0.25, 0.3) is 10.8 Å². The molecule has 0 spiro atoms. The number of amides is 2. The molecule has 2 saturated carbocycles. The zero-order chi connectivity index (χ0) is 31.2. The van der Waals surface area contributed by atoms with Crippen LogP contribution in [-0.4, -0.2) is 71.1 Å². The second kappa shape index (κ2) is 14.7. The van der Waals surface area contributed by atoms with Crippen molar-refractivity contribution in [2.75, 3.05) is 39.3 Å². The highest BCUT2D eigenvalue weighted by molar-refractivity contribution is 5.95. The van der Waals surface area contributed by atoms with E-state index in [9.17, 15) is 18.8 Å². The van der Waals surface area contributed by atoms with Crippen molar-refractivity contribution in [3.63, 3.8) is 0 Å². The second-order valence-electron chi connectivity index (χ2n) is 13.3. The largest absolute Gasteiger partial charge is 0.355 e. The van der Waals surface area contributed by atoms with Gasteiger partial charge in [0.05, 0.1) is 16.6 Å². The van der Waals surface area contributed by atoms with Gasteiger partial charge in [0.2, 0.25) is 5.91 Å². The van der Waals surface area contributed by atoms with Crippen molar-refractivity contribution < 1.29 is 14.0 Å². The van der Waals surface area contributed by atoms with Crippen molar-refractivity contribution >= 4 is 22.6 Å². The Morgan fingerprint density at radius 1 is 0.889 bits per heavy atom. The van der Waals surface area contributed by atoms with Crippen LogP contribution in [0.4, 0.5) is 4.39 Å². The predicted octanol–water partition coefficient (Wildman–Crippen LogP) is 5.30. The van der Waals surface area contributed by atoms with E-state index < -0.39 is 5.82 Å². The van der Waals surface area contributed by atoms with Gasteiger partial charge in [0.25, 0.3) is 11.5 Å². The molecule has 0 radical (unpaired) electrons. The van der Waals surface area contributed by atoms with Crippen molar-refractivity contribution in [3.8, 4) is 0 Å². The van der Waals surface area contributed by atoms with Gasteiger partial charge in [-0.25, -0.2) is 9.49 Å². The first kappa shape index (κ1) is 31.4. The van der Waals surface area contributed by atoms with Crippen LogP contribution < -0.4 is 10.9 Å². The zero-order valence-electron chi connectivity index (χ0n) is 26.2. The van der Waals surface area contributed by atoms with Gasteiger partial charge in [0, 0.05) is 57.0 Å². The molecule has 2 N–H and O–H groups in total. The molecule has 9 heteroatoms. The standard InChI is InChI=1S/C36H46FN5O3/c37-31-16-15-25(24-32-28-13-7-8-14-29(28)34(43)40-39-32)23-30(31)36(45)42-21-19-41(20-22-42)18-17-38-35(44)33(26-9-3-1-4-10-26)27-11-5-2-6-12-27/h7-8,13-16,23,26-27,33H,1-6,9-12,17-22,24H2,(H,38,44)(H,40,43). The van der Waals surface area contributed by atoms with Gasteiger partial charge < -0.3 is 10.2 Å². The van der Waals surface area contributed by atoms with Crippen LogP contribution in [0.3, 0.4) is 0 Å². The summed E-state index contributed by atoms with van der Waals surface area (Å²) in [5.74, 6) is 0.612. The molecule has 8 nitrogen and oxygen atoms in total. The third-order valence-corrected chi connectivity index (χ3v) is 10.4. The number of piperazine rings is 1. The molecule has 3 aromatic rings. The molecule has 240 valence electrons. The minimum atomic E-state index is -0.543. The number of rotatable bonds is 9. The maximum atomic E-state index is 14.9. The molecule has 1 aromatic heterocycles. The Labute approximate surface area is 264 Å². The topological polar surface area (TPSA) is 98.4 Å². The van der Waals surface area contributed by atoms with Crippen molar-refractivity contribution in [2.45, 2.75) is 70.6 Å². The van der Waals surface area contributed by atoms with E-state index in [0.717, 1.165) is 17.5 Å². The number of aromatic nitrogens is 2. The number of hydrogen-bond acceptors (Lipinski definition) is 5. The Hall–Kier alpha value is -3.59. The monoisotopic (exact) mass is 615 g/mol. The smallest absolute Gasteiger partial charge is 0.272 e. The third-order valence-electron chi connectivity index (χ3n) is 10.4. The summed E-state index contributed by atoms with van der Waals surface area (Å²) in [4.78, 5) is 43.1. The lowest BCUT2D eigenvalue weighted by atomic mass is 9.69. The van der Waals surface area contributed by atoms with E-state index in [1.165, 1.54) is 70.3 Å². The van der Waals surface area contributed by atoms with Crippen LogP contribution in [0, 0.1) is 23.6 Å². The summed E-state index contributed by atoms with van der Waals surface area (Å²) in [7, 11) is 0. The SMILES string of the molecule is O=C(NCCN1CCN(C(=O)c2cc(Cc3n[nH]c(=O)c4ccccc34)ccc2F)CC1)C(C1CCCCC1)C1CCCCC1. The summed E-state index contributed by atoms with van der Waals surface area (Å²) in [6.07, 6.45) is 12.7. The molecule has 3 aliphatic rings. The first-order valence-electron chi connectivity index (χ1n) is 17.0. The Balaban J connectivity index is 1.02. The highest BCUT2D eigenvalue weighted by Gasteiger charge is 2.36. The van der Waals surface area contributed by atoms with Crippen molar-refractivity contribution in [1.82, 2.24) is 25.3 Å². The van der Waals surface area contributed by atoms with Crippen LogP contribution in [-0.2, 0) is 11.2 Å². The van der Waals surface area contributed by atoms with Gasteiger partial charge in [-0.05, 0) is 61.3 Å². The number of halogens is 1. The van der Waals surface area contributed by atoms with Crippen molar-refractivity contribution in [3.05, 3.63) is 75.5 Å². The zero-order valence-corrected chi connectivity index (χ0v) is 26.2. The number of aromatic amines is 1. The number of fused-ring (bicyclic) bond motifs is 1. The van der Waals surface area contributed by atoms with Gasteiger partial charge in [-0.15, -0.1) is 0 Å². The first-order chi connectivity index (χ1) is 22.0. The summed E-state index contributed by atoms with van der Waals surface area (Å²) in [5, 5.41) is 11.4. The average Bonchev–Trinajstić information content (AvgIpc) is 3.08. The summed E-state index contributed by atoms with van der Waals surface area (Å²) in [6.45, 7) is 3.76. The van der Waals surface area contributed by atoms with Gasteiger partial charge in [0.15, 0.2) is 0 Å². The Morgan fingerprint density at radius 2 is 1.53 bits per heavy atom. The van der Waals surface area contributed by atoms with Crippen LogP contribution in [0.5, 0.6) is 0 Å². The van der Waals surface area contributed by atoms with E-state index in [1.54, 1.807) is 29.2 Å². The number of carbonyl (C=O) groups is 2. The molecule has 45 heavy (non-hydrogen) atoms. The average molecular weight is 616 g/mol. The van der Waals surface area contributed by atoms with E-state index in [1.807, 2.05) is 12.1 Å². The molecular weight excluding hydrogens is 569 g/mol. The molecule has 6 rings (SSSR count). The highest BCUT2D eigenvalue weighted by atomic mass is 19.1. The third kappa shape index (κ3) is 7.46. The summed E-state index contributed by atoms with van der Waals surface area (Å²) < 4.78 is 14.9. The number of carbonyl (C=O) groups excluding carboxylic acids is 2. The fourth-order valence-corrected chi connectivity index (χ4v) is 7.95. The fourth-order valence-electron chi connectivity index (χ4n) is 7.95. The predicted molar refractivity (Wildman–Crippen MR) is 174 cm³/mol. The summed E-state index contributed by atoms with van der Waals surface area (Å²) in [6, 6.07) is 11.9. The Bertz CT molecular complexity index is 1520. The number of nitrogens with one attached hydrogen (secondary N) is 2. The molecule has 0 bridgehead atoms. The molecule has 1 saturated heterocycles. The van der Waals surface area contributed by atoms with Crippen LogP contribution >= 0.6 is 0 Å². The van der Waals surface area contributed by atoms with Gasteiger partial charge in [-0.1, -0.05) is 62.8 Å². The van der Waals surface area contributed by atoms with E-state index in [0.29, 0.717) is 62.1 Å². The van der Waals surface area contributed by atoms with E-state index in [4.69, 9.17) is 0 Å². The lowest BCUT2D eigenvalue weighted by Crippen LogP contribution is -2.51. The summed E-state index contributed by atoms with van der Waals surface area (Å²) >= 11 is 0. The molecule has 0 atom stereocenters. The van der Waals surface area contributed by atoms with Gasteiger partial charge in [-0.3, -0.25) is 19.3 Å². The van der Waals surface area contributed by atoms with Crippen LogP contribution in [0.1, 0.15) is 85.8 Å². The number of H-pyrrole nitrogens is 1. The second-order valence-corrected chi connectivity index (χ2v) is 13.3. The molecular formula is C36H46FN5O3.